The standard InChI is InChI=1S/C22H31NO9/c1-12(2)8-9-29-22(28)30-11-13(3)19(20(23)21(26)27)16-6-7-17(31-14(4)24)18(10-16)32-15(5)25/h6-7,10,12-13,19-20H,8-9,11,23H2,1-5H3,(H,26,27)/t13?,19?,20-/m0/s1. The number of hydrogen-bond donors (Lipinski definition) is 2. The lowest BCUT2D eigenvalue weighted by molar-refractivity contribution is -0.139. The van der Waals surface area contributed by atoms with Crippen molar-refractivity contribution in [2.75, 3.05) is 13.2 Å². The Morgan fingerprint density at radius 3 is 2.09 bits per heavy atom. The summed E-state index contributed by atoms with van der Waals surface area (Å²) in [7, 11) is 0. The zero-order chi connectivity index (χ0) is 24.4. The van der Waals surface area contributed by atoms with Crippen molar-refractivity contribution < 1.29 is 43.2 Å². The molecule has 1 aromatic carbocycles. The van der Waals surface area contributed by atoms with E-state index in [4.69, 9.17) is 24.7 Å². The first-order chi connectivity index (χ1) is 14.9. The fraction of sp³-hybridized carbons (Fsp3) is 0.545. The second kappa shape index (κ2) is 12.7. The second-order valence-electron chi connectivity index (χ2n) is 7.85. The minimum atomic E-state index is -1.35. The maximum Gasteiger partial charge on any atom is 0.508 e. The predicted octanol–water partition coefficient (Wildman–Crippen LogP) is 2.87. The van der Waals surface area contributed by atoms with Crippen LogP contribution >= 0.6 is 0 Å². The highest BCUT2D eigenvalue weighted by molar-refractivity contribution is 5.76. The molecule has 0 aliphatic heterocycles. The minimum Gasteiger partial charge on any atom is -0.480 e. The van der Waals surface area contributed by atoms with Crippen LogP contribution in [-0.4, -0.2) is 48.4 Å². The minimum absolute atomic E-state index is 0.00303. The average molecular weight is 453 g/mol. The third-order valence-electron chi connectivity index (χ3n) is 4.52. The van der Waals surface area contributed by atoms with E-state index in [-0.39, 0.29) is 24.7 Å². The van der Waals surface area contributed by atoms with Crippen molar-refractivity contribution in [1.29, 1.82) is 0 Å². The Morgan fingerprint density at radius 2 is 1.56 bits per heavy atom. The number of hydrogen-bond acceptors (Lipinski definition) is 9. The molecule has 0 heterocycles. The largest absolute Gasteiger partial charge is 0.508 e. The van der Waals surface area contributed by atoms with E-state index >= 15 is 0 Å². The van der Waals surface area contributed by atoms with Crippen LogP contribution in [0.3, 0.4) is 0 Å². The average Bonchev–Trinajstić information content (AvgIpc) is 2.67. The Labute approximate surface area is 187 Å². The molecule has 10 nitrogen and oxygen atoms in total. The summed E-state index contributed by atoms with van der Waals surface area (Å²) in [5, 5.41) is 9.48. The maximum absolute atomic E-state index is 11.8. The maximum atomic E-state index is 11.8. The van der Waals surface area contributed by atoms with Crippen LogP contribution in [0, 0.1) is 11.8 Å². The number of esters is 2. The van der Waals surface area contributed by atoms with Gasteiger partial charge in [-0.2, -0.15) is 0 Å². The van der Waals surface area contributed by atoms with Crippen LogP contribution < -0.4 is 15.2 Å². The number of nitrogens with two attached hydrogens (primary N) is 1. The van der Waals surface area contributed by atoms with Gasteiger partial charge in [0.15, 0.2) is 11.5 Å². The third-order valence-corrected chi connectivity index (χ3v) is 4.52. The van der Waals surface area contributed by atoms with E-state index < -0.39 is 41.9 Å². The smallest absolute Gasteiger partial charge is 0.480 e. The topological polar surface area (TPSA) is 151 Å². The lowest BCUT2D eigenvalue weighted by atomic mass is 9.82. The molecule has 0 saturated heterocycles. The van der Waals surface area contributed by atoms with Crippen LogP contribution in [0.5, 0.6) is 11.5 Å². The molecule has 0 aliphatic rings. The summed E-state index contributed by atoms with van der Waals surface area (Å²) in [6.07, 6.45) is -0.170. The van der Waals surface area contributed by atoms with Crippen molar-refractivity contribution in [3.63, 3.8) is 0 Å². The van der Waals surface area contributed by atoms with E-state index in [0.717, 1.165) is 0 Å². The Hall–Kier alpha value is -3.14. The molecule has 10 heteroatoms. The number of carboxylic acids is 1. The summed E-state index contributed by atoms with van der Waals surface area (Å²) in [5.74, 6) is -3.61. The summed E-state index contributed by atoms with van der Waals surface area (Å²) in [6.45, 7) is 8.07. The molecule has 0 bridgehead atoms. The van der Waals surface area contributed by atoms with E-state index in [1.807, 2.05) is 13.8 Å². The van der Waals surface area contributed by atoms with E-state index in [9.17, 15) is 24.3 Å². The van der Waals surface area contributed by atoms with Gasteiger partial charge < -0.3 is 29.8 Å². The van der Waals surface area contributed by atoms with Gasteiger partial charge in [-0.3, -0.25) is 14.4 Å². The molecule has 0 amide bonds. The first-order valence-corrected chi connectivity index (χ1v) is 10.2. The zero-order valence-electron chi connectivity index (χ0n) is 19.0. The Bertz CT molecular complexity index is 822. The normalized spacial score (nSPS) is 13.6. The fourth-order valence-corrected chi connectivity index (χ4v) is 2.97. The molecule has 178 valence electrons. The van der Waals surface area contributed by atoms with Gasteiger partial charge in [-0.25, -0.2) is 4.79 Å². The molecule has 0 spiro atoms. The Balaban J connectivity index is 3.10. The molecule has 2 unspecified atom stereocenters. The van der Waals surface area contributed by atoms with Crippen LogP contribution in [0.2, 0.25) is 0 Å². The highest BCUT2D eigenvalue weighted by atomic mass is 16.7. The van der Waals surface area contributed by atoms with Crippen molar-refractivity contribution in [3.05, 3.63) is 23.8 Å². The van der Waals surface area contributed by atoms with Gasteiger partial charge in [-0.05, 0) is 36.0 Å². The van der Waals surface area contributed by atoms with Crippen LogP contribution in [0.1, 0.15) is 52.5 Å². The monoisotopic (exact) mass is 453 g/mol. The zero-order valence-corrected chi connectivity index (χ0v) is 19.0. The molecular formula is C22H31NO9. The number of benzene rings is 1. The van der Waals surface area contributed by atoms with E-state index in [1.54, 1.807) is 6.92 Å². The van der Waals surface area contributed by atoms with Gasteiger partial charge in [-0.1, -0.05) is 26.8 Å². The molecule has 0 fully saturated rings. The van der Waals surface area contributed by atoms with Crippen LogP contribution in [0.15, 0.2) is 18.2 Å². The molecular weight excluding hydrogens is 422 g/mol. The number of ether oxygens (including phenoxy) is 4. The lowest BCUT2D eigenvalue weighted by Gasteiger charge is -2.27. The van der Waals surface area contributed by atoms with E-state index in [0.29, 0.717) is 17.9 Å². The van der Waals surface area contributed by atoms with Crippen molar-refractivity contribution >= 4 is 24.1 Å². The summed E-state index contributed by atoms with van der Waals surface area (Å²) < 4.78 is 20.3. The molecule has 1 aromatic rings. The number of carbonyl (C=O) groups excluding carboxylic acids is 3. The number of carbonyl (C=O) groups is 4. The first-order valence-electron chi connectivity index (χ1n) is 10.2. The molecule has 32 heavy (non-hydrogen) atoms. The second-order valence-corrected chi connectivity index (χ2v) is 7.85. The summed E-state index contributed by atoms with van der Waals surface area (Å²) in [5.41, 5.74) is 6.32. The molecule has 3 atom stereocenters. The van der Waals surface area contributed by atoms with Crippen molar-refractivity contribution in [1.82, 2.24) is 0 Å². The molecule has 0 saturated carbocycles. The highest BCUT2D eigenvalue weighted by Crippen LogP contribution is 2.35. The van der Waals surface area contributed by atoms with Crippen LogP contribution in [0.25, 0.3) is 0 Å². The predicted molar refractivity (Wildman–Crippen MR) is 113 cm³/mol. The van der Waals surface area contributed by atoms with Crippen LogP contribution in [0.4, 0.5) is 4.79 Å². The van der Waals surface area contributed by atoms with Gasteiger partial charge in [-0.15, -0.1) is 0 Å². The van der Waals surface area contributed by atoms with Crippen molar-refractivity contribution in [3.8, 4) is 11.5 Å². The van der Waals surface area contributed by atoms with Gasteiger partial charge in [0, 0.05) is 19.8 Å². The quantitative estimate of drug-likeness (QED) is 0.378. The molecule has 0 radical (unpaired) electrons. The van der Waals surface area contributed by atoms with Gasteiger partial charge in [0.25, 0.3) is 0 Å². The van der Waals surface area contributed by atoms with E-state index in [2.05, 4.69) is 0 Å². The highest BCUT2D eigenvalue weighted by Gasteiger charge is 2.32. The van der Waals surface area contributed by atoms with Gasteiger partial charge in [0.05, 0.1) is 13.2 Å². The van der Waals surface area contributed by atoms with Gasteiger partial charge in [0.2, 0.25) is 0 Å². The molecule has 0 aliphatic carbocycles. The summed E-state index contributed by atoms with van der Waals surface area (Å²) >= 11 is 0. The van der Waals surface area contributed by atoms with Crippen molar-refractivity contribution in [2.24, 2.45) is 17.6 Å². The molecule has 0 aromatic heterocycles. The summed E-state index contributed by atoms with van der Waals surface area (Å²) in [4.78, 5) is 46.2. The van der Waals surface area contributed by atoms with Crippen molar-refractivity contribution in [2.45, 2.75) is 53.0 Å². The summed E-state index contributed by atoms with van der Waals surface area (Å²) in [6, 6.07) is 2.92. The number of aliphatic carboxylic acids is 1. The lowest BCUT2D eigenvalue weighted by Crippen LogP contribution is -2.40. The third kappa shape index (κ3) is 8.93. The first kappa shape index (κ1) is 26.9. The van der Waals surface area contributed by atoms with Gasteiger partial charge >= 0.3 is 24.1 Å². The van der Waals surface area contributed by atoms with Crippen LogP contribution in [-0.2, 0) is 23.9 Å². The Morgan fingerprint density at radius 1 is 0.969 bits per heavy atom. The number of carboxylic acid groups (broad SMARTS) is 1. The Kier molecular flexibility index (Phi) is 10.6. The number of rotatable bonds is 11. The SMILES string of the molecule is CC(=O)Oc1ccc(C(C(C)COC(=O)OCCC(C)C)[C@H](N)C(=O)O)cc1OC(C)=O. The fourth-order valence-electron chi connectivity index (χ4n) is 2.97. The molecule has 3 N–H and O–H groups in total. The van der Waals surface area contributed by atoms with Gasteiger partial charge in [0.1, 0.15) is 6.04 Å². The van der Waals surface area contributed by atoms with E-state index in [1.165, 1.54) is 32.0 Å². The molecule has 1 rings (SSSR count).